The molecular formula is C17H23N3O5. The number of amides is 1. The number of benzene rings is 1. The van der Waals surface area contributed by atoms with Gasteiger partial charge in [0.05, 0.1) is 11.5 Å². The third-order valence-corrected chi connectivity index (χ3v) is 4.08. The summed E-state index contributed by atoms with van der Waals surface area (Å²) in [5.74, 6) is -1.85. The van der Waals surface area contributed by atoms with Crippen LogP contribution in [0.25, 0.3) is 0 Å². The van der Waals surface area contributed by atoms with Gasteiger partial charge in [-0.05, 0) is 32.3 Å². The first-order chi connectivity index (χ1) is 12.0. The van der Waals surface area contributed by atoms with Crippen LogP contribution >= 0.6 is 0 Å². The average Bonchev–Trinajstić information content (AvgIpc) is 2.61. The molecule has 1 aromatic rings. The number of hydrogen-bond donors (Lipinski definition) is 1. The second kappa shape index (κ2) is 8.46. The van der Waals surface area contributed by atoms with E-state index in [4.69, 9.17) is 4.74 Å². The zero-order valence-corrected chi connectivity index (χ0v) is 14.5. The Balaban J connectivity index is 2.56. The van der Waals surface area contributed by atoms with Crippen molar-refractivity contribution >= 4 is 28.9 Å². The molecule has 1 aromatic carbocycles. The number of fused-ring (bicyclic) bond motifs is 1. The Kier molecular flexibility index (Phi) is 6.32. The Bertz CT molecular complexity index is 674. The molecule has 0 spiro atoms. The zero-order chi connectivity index (χ0) is 18.4. The Labute approximate surface area is 146 Å². The minimum atomic E-state index is -0.991. The molecule has 0 radical (unpaired) electrons. The number of nitrogens with zero attached hydrogens (tertiary/aromatic N) is 2. The van der Waals surface area contributed by atoms with Crippen molar-refractivity contribution in [1.82, 2.24) is 0 Å². The molecular weight excluding hydrogens is 326 g/mol. The third kappa shape index (κ3) is 4.07. The topological polar surface area (TPSA) is 102 Å². The second-order valence-electron chi connectivity index (χ2n) is 5.78. The van der Waals surface area contributed by atoms with Crippen LogP contribution < -0.4 is 10.2 Å². The van der Waals surface area contributed by atoms with Gasteiger partial charge in [0.2, 0.25) is 0 Å². The highest BCUT2D eigenvalue weighted by molar-refractivity contribution is 6.38. The highest BCUT2D eigenvalue weighted by Crippen LogP contribution is 2.39. The van der Waals surface area contributed by atoms with E-state index in [0.29, 0.717) is 18.4 Å². The van der Waals surface area contributed by atoms with E-state index in [1.54, 1.807) is 13.0 Å². The van der Waals surface area contributed by atoms with Crippen LogP contribution in [0.15, 0.2) is 12.1 Å². The van der Waals surface area contributed by atoms with Crippen LogP contribution in [0.5, 0.6) is 0 Å². The number of ether oxygens (including phenoxy) is 1. The number of rotatable bonds is 6. The van der Waals surface area contributed by atoms with Crippen molar-refractivity contribution in [3.63, 3.8) is 0 Å². The molecule has 0 saturated heterocycles. The molecule has 0 saturated carbocycles. The van der Waals surface area contributed by atoms with E-state index in [9.17, 15) is 19.7 Å². The van der Waals surface area contributed by atoms with E-state index in [0.717, 1.165) is 25.1 Å². The Morgan fingerprint density at radius 3 is 2.76 bits per heavy atom. The van der Waals surface area contributed by atoms with Gasteiger partial charge >= 0.3 is 11.9 Å². The lowest BCUT2D eigenvalue weighted by Gasteiger charge is -2.27. The summed E-state index contributed by atoms with van der Waals surface area (Å²) in [5.41, 5.74) is 1.51. The van der Waals surface area contributed by atoms with Gasteiger partial charge in [0, 0.05) is 30.4 Å². The maximum atomic E-state index is 12.6. The molecule has 136 valence electrons. The van der Waals surface area contributed by atoms with Crippen molar-refractivity contribution in [1.29, 1.82) is 0 Å². The summed E-state index contributed by atoms with van der Waals surface area (Å²) >= 11 is 0. The number of nitrogens with one attached hydrogen (secondary N) is 1. The summed E-state index contributed by atoms with van der Waals surface area (Å²) in [6, 6.07) is 3.03. The molecule has 25 heavy (non-hydrogen) atoms. The minimum absolute atomic E-state index is 0.0722. The first kappa shape index (κ1) is 18.7. The molecule has 0 atom stereocenters. The normalized spacial score (nSPS) is 12.7. The number of unbranched alkanes of at least 4 members (excludes halogenated alkanes) is 1. The van der Waals surface area contributed by atoms with Gasteiger partial charge in [0.15, 0.2) is 0 Å². The third-order valence-electron chi connectivity index (χ3n) is 4.08. The molecule has 1 aliphatic rings. The fourth-order valence-electron chi connectivity index (χ4n) is 2.91. The largest absolute Gasteiger partial charge is 0.459 e. The van der Waals surface area contributed by atoms with Crippen molar-refractivity contribution in [2.24, 2.45) is 0 Å². The standard InChI is InChI=1S/C17H23N3O5/c1-3-5-11-19(16(21)17(22)25-4-2)15-12-7-6-10-18-13(12)8-9-14(15)20(23)24/h8-9,18H,3-7,10-11H2,1-2H3. The minimum Gasteiger partial charge on any atom is -0.459 e. The van der Waals surface area contributed by atoms with Crippen LogP contribution in [0, 0.1) is 10.1 Å². The quantitative estimate of drug-likeness (QED) is 0.367. The molecule has 0 bridgehead atoms. The second-order valence-corrected chi connectivity index (χ2v) is 5.78. The van der Waals surface area contributed by atoms with Gasteiger partial charge in [-0.2, -0.15) is 0 Å². The summed E-state index contributed by atoms with van der Waals surface area (Å²) in [6.07, 6.45) is 2.82. The van der Waals surface area contributed by atoms with E-state index in [2.05, 4.69) is 5.32 Å². The summed E-state index contributed by atoms with van der Waals surface area (Å²) in [6.45, 7) is 4.63. The number of nitro benzene ring substituents is 1. The number of carbonyl (C=O) groups is 2. The first-order valence-electron chi connectivity index (χ1n) is 8.54. The Morgan fingerprint density at radius 2 is 2.12 bits per heavy atom. The lowest BCUT2D eigenvalue weighted by molar-refractivity contribution is -0.384. The van der Waals surface area contributed by atoms with Crippen LogP contribution in [-0.2, 0) is 20.7 Å². The van der Waals surface area contributed by atoms with Gasteiger partial charge in [0.25, 0.3) is 5.69 Å². The van der Waals surface area contributed by atoms with Gasteiger partial charge in [-0.1, -0.05) is 13.3 Å². The molecule has 1 heterocycles. The average molecular weight is 349 g/mol. The fraction of sp³-hybridized carbons (Fsp3) is 0.529. The van der Waals surface area contributed by atoms with Gasteiger partial charge < -0.3 is 10.1 Å². The van der Waals surface area contributed by atoms with Crippen molar-refractivity contribution in [3.8, 4) is 0 Å². The highest BCUT2D eigenvalue weighted by atomic mass is 16.6. The summed E-state index contributed by atoms with van der Waals surface area (Å²) in [7, 11) is 0. The van der Waals surface area contributed by atoms with Gasteiger partial charge in [-0.25, -0.2) is 4.79 Å². The number of carbonyl (C=O) groups excluding carboxylic acids is 2. The van der Waals surface area contributed by atoms with Gasteiger partial charge in [0.1, 0.15) is 5.69 Å². The molecule has 0 fully saturated rings. The Hall–Kier alpha value is -2.64. The number of esters is 1. The maximum absolute atomic E-state index is 12.6. The predicted octanol–water partition coefficient (Wildman–Crippen LogP) is 2.65. The first-order valence-corrected chi connectivity index (χ1v) is 8.54. The molecule has 0 unspecified atom stereocenters. The van der Waals surface area contributed by atoms with E-state index < -0.39 is 16.8 Å². The summed E-state index contributed by atoms with van der Waals surface area (Å²) in [5, 5.41) is 14.7. The SMILES string of the molecule is CCCCN(C(=O)C(=O)OCC)c1c([N+](=O)[O-])ccc2c1CCCN2. The van der Waals surface area contributed by atoms with E-state index in [1.807, 2.05) is 6.92 Å². The van der Waals surface area contributed by atoms with Crippen LogP contribution in [0.1, 0.15) is 38.7 Å². The Morgan fingerprint density at radius 1 is 1.36 bits per heavy atom. The maximum Gasteiger partial charge on any atom is 0.397 e. The smallest absolute Gasteiger partial charge is 0.397 e. The van der Waals surface area contributed by atoms with Crippen LogP contribution in [0.4, 0.5) is 17.1 Å². The number of hydrogen-bond acceptors (Lipinski definition) is 6. The monoisotopic (exact) mass is 349 g/mol. The summed E-state index contributed by atoms with van der Waals surface area (Å²) in [4.78, 5) is 36.8. The zero-order valence-electron chi connectivity index (χ0n) is 14.5. The van der Waals surface area contributed by atoms with E-state index in [1.165, 1.54) is 11.0 Å². The van der Waals surface area contributed by atoms with Crippen LogP contribution in [-0.4, -0.2) is 36.5 Å². The highest BCUT2D eigenvalue weighted by Gasteiger charge is 2.33. The van der Waals surface area contributed by atoms with Gasteiger partial charge in [-0.3, -0.25) is 19.8 Å². The van der Waals surface area contributed by atoms with Crippen LogP contribution in [0.2, 0.25) is 0 Å². The lowest BCUT2D eigenvalue weighted by Crippen LogP contribution is -2.39. The molecule has 8 nitrogen and oxygen atoms in total. The van der Waals surface area contributed by atoms with Crippen molar-refractivity contribution < 1.29 is 19.2 Å². The van der Waals surface area contributed by atoms with Crippen molar-refractivity contribution in [3.05, 3.63) is 27.8 Å². The molecule has 1 N–H and O–H groups in total. The van der Waals surface area contributed by atoms with Gasteiger partial charge in [-0.15, -0.1) is 0 Å². The molecule has 8 heteroatoms. The number of anilines is 2. The van der Waals surface area contributed by atoms with Crippen LogP contribution in [0.3, 0.4) is 0 Å². The van der Waals surface area contributed by atoms with Crippen molar-refractivity contribution in [2.45, 2.75) is 39.5 Å². The molecule has 0 aromatic heterocycles. The predicted molar refractivity (Wildman–Crippen MR) is 93.8 cm³/mol. The fourth-order valence-corrected chi connectivity index (χ4v) is 2.91. The summed E-state index contributed by atoms with van der Waals surface area (Å²) < 4.78 is 4.81. The lowest BCUT2D eigenvalue weighted by atomic mass is 9.99. The molecule has 1 aliphatic heterocycles. The van der Waals surface area contributed by atoms with E-state index in [-0.39, 0.29) is 24.5 Å². The molecule has 1 amide bonds. The molecule has 2 rings (SSSR count). The van der Waals surface area contributed by atoms with E-state index >= 15 is 0 Å². The number of nitro groups is 1. The molecule has 0 aliphatic carbocycles. The van der Waals surface area contributed by atoms with Crippen molar-refractivity contribution in [2.75, 3.05) is 29.9 Å².